The molecule has 0 fully saturated rings. The average Bonchev–Trinajstić information content (AvgIpc) is 2.82. The summed E-state index contributed by atoms with van der Waals surface area (Å²) in [6, 6.07) is 20.1. The minimum absolute atomic E-state index is 0.0109. The molecular formula is C25H23BrClN3O4. The SMILES string of the molecule is COc1cc(C=NNC(=O)CCC(=O)Nc2cccc(Cl)c2)cc(Br)c1OCc1ccccc1. The molecule has 0 aliphatic rings. The van der Waals surface area contributed by atoms with Gasteiger partial charge in [0.05, 0.1) is 17.8 Å². The lowest BCUT2D eigenvalue weighted by atomic mass is 10.2. The zero-order chi connectivity index (χ0) is 24.3. The highest BCUT2D eigenvalue weighted by atomic mass is 79.9. The van der Waals surface area contributed by atoms with Crippen molar-refractivity contribution < 1.29 is 19.1 Å². The van der Waals surface area contributed by atoms with E-state index in [-0.39, 0.29) is 24.7 Å². The molecule has 0 radical (unpaired) electrons. The van der Waals surface area contributed by atoms with Gasteiger partial charge in [0, 0.05) is 23.6 Å². The molecule has 3 rings (SSSR count). The van der Waals surface area contributed by atoms with Crippen LogP contribution < -0.4 is 20.2 Å². The molecule has 9 heteroatoms. The Kier molecular flexibility index (Phi) is 9.49. The Morgan fingerprint density at radius 2 is 1.79 bits per heavy atom. The molecule has 0 saturated heterocycles. The van der Waals surface area contributed by atoms with Gasteiger partial charge in [-0.1, -0.05) is 48.0 Å². The van der Waals surface area contributed by atoms with Gasteiger partial charge in [0.15, 0.2) is 11.5 Å². The van der Waals surface area contributed by atoms with Gasteiger partial charge < -0.3 is 14.8 Å². The van der Waals surface area contributed by atoms with E-state index in [1.165, 1.54) is 6.21 Å². The zero-order valence-electron chi connectivity index (χ0n) is 18.4. The number of carbonyl (C=O) groups is 2. The van der Waals surface area contributed by atoms with Crippen molar-refractivity contribution >= 4 is 51.2 Å². The predicted molar refractivity (Wildman–Crippen MR) is 137 cm³/mol. The third-order valence-corrected chi connectivity index (χ3v) is 5.39. The molecule has 34 heavy (non-hydrogen) atoms. The fraction of sp³-hybridized carbons (Fsp3) is 0.160. The number of carbonyl (C=O) groups excluding carboxylic acids is 2. The van der Waals surface area contributed by atoms with Gasteiger partial charge in [-0.15, -0.1) is 0 Å². The molecule has 0 aliphatic carbocycles. The molecule has 7 nitrogen and oxygen atoms in total. The van der Waals surface area contributed by atoms with Crippen molar-refractivity contribution in [2.45, 2.75) is 19.4 Å². The van der Waals surface area contributed by atoms with Gasteiger partial charge in [0.25, 0.3) is 0 Å². The second kappa shape index (κ2) is 12.8. The largest absolute Gasteiger partial charge is 0.493 e. The third-order valence-electron chi connectivity index (χ3n) is 4.57. The van der Waals surface area contributed by atoms with Crippen LogP contribution in [-0.4, -0.2) is 25.1 Å². The topological polar surface area (TPSA) is 89.0 Å². The lowest BCUT2D eigenvalue weighted by Gasteiger charge is -2.13. The number of amides is 2. The van der Waals surface area contributed by atoms with E-state index in [0.29, 0.717) is 38.9 Å². The molecule has 0 unspecified atom stereocenters. The summed E-state index contributed by atoms with van der Waals surface area (Å²) in [6.45, 7) is 0.393. The van der Waals surface area contributed by atoms with E-state index in [4.69, 9.17) is 21.1 Å². The fourth-order valence-electron chi connectivity index (χ4n) is 2.94. The maximum Gasteiger partial charge on any atom is 0.240 e. The molecule has 0 saturated carbocycles. The van der Waals surface area contributed by atoms with Gasteiger partial charge in [-0.05, 0) is 57.4 Å². The van der Waals surface area contributed by atoms with Crippen LogP contribution in [0.1, 0.15) is 24.0 Å². The summed E-state index contributed by atoms with van der Waals surface area (Å²) in [5.41, 5.74) is 4.72. The quantitative estimate of drug-likeness (QED) is 0.258. The summed E-state index contributed by atoms with van der Waals surface area (Å²) in [4.78, 5) is 24.0. The van der Waals surface area contributed by atoms with Crippen LogP contribution in [0.3, 0.4) is 0 Å². The normalized spacial score (nSPS) is 10.7. The number of hydrogen-bond acceptors (Lipinski definition) is 5. The van der Waals surface area contributed by atoms with Crippen molar-refractivity contribution in [2.24, 2.45) is 5.10 Å². The second-order valence-electron chi connectivity index (χ2n) is 7.16. The van der Waals surface area contributed by atoms with Gasteiger partial charge in [-0.25, -0.2) is 5.43 Å². The summed E-state index contributed by atoms with van der Waals surface area (Å²) < 4.78 is 12.0. The molecule has 3 aromatic rings. The number of hydrogen-bond donors (Lipinski definition) is 2. The summed E-state index contributed by atoms with van der Waals surface area (Å²) in [7, 11) is 1.55. The zero-order valence-corrected chi connectivity index (χ0v) is 20.7. The van der Waals surface area contributed by atoms with Crippen molar-refractivity contribution in [1.82, 2.24) is 5.43 Å². The van der Waals surface area contributed by atoms with Crippen LogP contribution >= 0.6 is 27.5 Å². The molecule has 0 bridgehead atoms. The van der Waals surface area contributed by atoms with E-state index in [9.17, 15) is 9.59 Å². The van der Waals surface area contributed by atoms with E-state index in [1.807, 2.05) is 30.3 Å². The highest BCUT2D eigenvalue weighted by Gasteiger charge is 2.12. The lowest BCUT2D eigenvalue weighted by Crippen LogP contribution is -2.20. The molecule has 0 aromatic heterocycles. The van der Waals surface area contributed by atoms with Gasteiger partial charge >= 0.3 is 0 Å². The molecule has 3 aromatic carbocycles. The summed E-state index contributed by atoms with van der Waals surface area (Å²) in [5.74, 6) is 0.418. The van der Waals surface area contributed by atoms with E-state index >= 15 is 0 Å². The van der Waals surface area contributed by atoms with E-state index in [2.05, 4.69) is 31.8 Å². The highest BCUT2D eigenvalue weighted by Crippen LogP contribution is 2.36. The Morgan fingerprint density at radius 3 is 2.53 bits per heavy atom. The van der Waals surface area contributed by atoms with E-state index < -0.39 is 0 Å². The monoisotopic (exact) mass is 543 g/mol. The highest BCUT2D eigenvalue weighted by molar-refractivity contribution is 9.10. The molecular weight excluding hydrogens is 522 g/mol. The summed E-state index contributed by atoms with van der Waals surface area (Å²) in [5, 5.41) is 7.17. The van der Waals surface area contributed by atoms with Crippen molar-refractivity contribution in [3.05, 3.63) is 87.4 Å². The third kappa shape index (κ3) is 7.90. The van der Waals surface area contributed by atoms with Crippen molar-refractivity contribution in [3.63, 3.8) is 0 Å². The van der Waals surface area contributed by atoms with E-state index in [0.717, 1.165) is 5.56 Å². The molecule has 0 spiro atoms. The Morgan fingerprint density at radius 1 is 1.03 bits per heavy atom. The van der Waals surface area contributed by atoms with Gasteiger partial charge in [-0.3, -0.25) is 9.59 Å². The number of rotatable bonds is 10. The minimum Gasteiger partial charge on any atom is -0.493 e. The van der Waals surface area contributed by atoms with Gasteiger partial charge in [0.1, 0.15) is 6.61 Å². The standard InChI is InChI=1S/C25H23BrClN3O4/c1-33-22-13-18(12-21(26)25(22)34-16-17-6-3-2-4-7-17)15-28-30-24(32)11-10-23(31)29-20-9-5-8-19(27)14-20/h2-9,12-15H,10-11,16H2,1H3,(H,29,31)(H,30,32). The maximum absolute atomic E-state index is 12.0. The van der Waals surface area contributed by atoms with Crippen LogP contribution in [0.15, 0.2) is 76.3 Å². The number of benzene rings is 3. The number of ether oxygens (including phenoxy) is 2. The predicted octanol–water partition coefficient (Wildman–Crippen LogP) is 5.56. The summed E-state index contributed by atoms with van der Waals surface area (Å²) in [6.07, 6.45) is 1.49. The van der Waals surface area contributed by atoms with Crippen molar-refractivity contribution in [1.29, 1.82) is 0 Å². The van der Waals surface area contributed by atoms with Crippen LogP contribution in [0.5, 0.6) is 11.5 Å². The lowest BCUT2D eigenvalue weighted by molar-refractivity contribution is -0.124. The number of nitrogens with one attached hydrogen (secondary N) is 2. The number of halogens is 2. The average molecular weight is 545 g/mol. The molecule has 2 amide bonds. The Bertz CT molecular complexity index is 1170. The molecule has 0 atom stereocenters. The van der Waals surface area contributed by atoms with Crippen LogP contribution in [0.4, 0.5) is 5.69 Å². The number of hydrazone groups is 1. The molecule has 2 N–H and O–H groups in total. The first-order valence-corrected chi connectivity index (χ1v) is 11.5. The molecule has 176 valence electrons. The maximum atomic E-state index is 12.0. The first-order chi connectivity index (χ1) is 16.4. The fourth-order valence-corrected chi connectivity index (χ4v) is 3.70. The van der Waals surface area contributed by atoms with Crippen LogP contribution in [0.25, 0.3) is 0 Å². The van der Waals surface area contributed by atoms with Crippen LogP contribution in [0.2, 0.25) is 5.02 Å². The van der Waals surface area contributed by atoms with Crippen LogP contribution in [-0.2, 0) is 16.2 Å². The summed E-state index contributed by atoms with van der Waals surface area (Å²) >= 11 is 9.39. The smallest absolute Gasteiger partial charge is 0.240 e. The van der Waals surface area contributed by atoms with E-state index in [1.54, 1.807) is 43.5 Å². The minimum atomic E-state index is -0.383. The Hall–Kier alpha value is -3.36. The first kappa shape index (κ1) is 25.3. The number of nitrogens with zero attached hydrogens (tertiary/aromatic N) is 1. The Labute approximate surface area is 211 Å². The second-order valence-corrected chi connectivity index (χ2v) is 8.45. The van der Waals surface area contributed by atoms with Crippen molar-refractivity contribution in [2.75, 3.05) is 12.4 Å². The number of methoxy groups -OCH3 is 1. The number of anilines is 1. The van der Waals surface area contributed by atoms with Crippen molar-refractivity contribution in [3.8, 4) is 11.5 Å². The van der Waals surface area contributed by atoms with Gasteiger partial charge in [-0.2, -0.15) is 5.10 Å². The van der Waals surface area contributed by atoms with Gasteiger partial charge in [0.2, 0.25) is 11.8 Å². The molecule has 0 aliphatic heterocycles. The van der Waals surface area contributed by atoms with Crippen LogP contribution in [0, 0.1) is 0 Å². The Balaban J connectivity index is 1.50. The molecule has 0 heterocycles. The first-order valence-electron chi connectivity index (χ1n) is 10.4.